The maximum Gasteiger partial charge on any atom is 0.260 e. The number of nitrogens with one attached hydrogen (secondary N) is 1. The summed E-state index contributed by atoms with van der Waals surface area (Å²) in [7, 11) is -2.22. The summed E-state index contributed by atoms with van der Waals surface area (Å²) in [6, 6.07) is 9.25. The number of aromatic nitrogens is 3. The molecule has 9 heteroatoms. The van der Waals surface area contributed by atoms with Crippen molar-refractivity contribution in [2.24, 2.45) is 7.05 Å². The van der Waals surface area contributed by atoms with Gasteiger partial charge < -0.3 is 0 Å². The molecule has 0 aliphatic heterocycles. The summed E-state index contributed by atoms with van der Waals surface area (Å²) in [6.45, 7) is 0.0749. The first-order valence-electron chi connectivity index (χ1n) is 5.65. The van der Waals surface area contributed by atoms with Gasteiger partial charge >= 0.3 is 0 Å². The molecule has 0 amide bonds. The molecule has 1 aromatic carbocycles. The van der Waals surface area contributed by atoms with Crippen LogP contribution in [-0.2, 0) is 17.1 Å². The van der Waals surface area contributed by atoms with Crippen molar-refractivity contribution < 1.29 is 8.42 Å². The van der Waals surface area contributed by atoms with Crippen molar-refractivity contribution in [3.05, 3.63) is 40.5 Å². The van der Waals surface area contributed by atoms with Gasteiger partial charge in [-0.05, 0) is 21.5 Å². The molecular formula is C11H12BrClN4O2S. The third-order valence-electron chi connectivity index (χ3n) is 2.61. The van der Waals surface area contributed by atoms with Crippen LogP contribution in [0.2, 0.25) is 0 Å². The van der Waals surface area contributed by atoms with Gasteiger partial charge in [0.05, 0.1) is 5.38 Å². The second-order valence-electron chi connectivity index (χ2n) is 4.04. The van der Waals surface area contributed by atoms with Gasteiger partial charge in [-0.2, -0.15) is 0 Å². The highest BCUT2D eigenvalue weighted by Crippen LogP contribution is 2.21. The fraction of sp³-hybridized carbons (Fsp3) is 0.273. The number of alkyl halides is 1. The Morgan fingerprint density at radius 3 is 2.60 bits per heavy atom. The Balaban J connectivity index is 2.11. The Kier molecular flexibility index (Phi) is 4.79. The van der Waals surface area contributed by atoms with Gasteiger partial charge in [0.2, 0.25) is 5.03 Å². The van der Waals surface area contributed by atoms with Crippen LogP contribution in [0.15, 0.2) is 40.0 Å². The molecule has 0 aliphatic carbocycles. The maximum absolute atomic E-state index is 12.2. The predicted octanol–water partition coefficient (Wildman–Crippen LogP) is 1.84. The lowest BCUT2D eigenvalue weighted by Gasteiger charge is -2.11. The predicted molar refractivity (Wildman–Crippen MR) is 78.9 cm³/mol. The lowest BCUT2D eigenvalue weighted by atomic mass is 10.1. The minimum Gasteiger partial charge on any atom is -0.235 e. The van der Waals surface area contributed by atoms with Crippen LogP contribution in [0.3, 0.4) is 0 Å². The minimum absolute atomic E-state index is 0.0329. The summed E-state index contributed by atoms with van der Waals surface area (Å²) in [5.41, 5.74) is 0.846. The topological polar surface area (TPSA) is 76.9 Å². The summed E-state index contributed by atoms with van der Waals surface area (Å²) in [4.78, 5) is 0. The SMILES string of the molecule is Cn1nnc(Br)c1S(=O)(=O)NCC(Cl)c1ccccc1. The number of benzene rings is 1. The standard InChI is InChI=1S/C11H12BrClN4O2S/c1-17-11(10(12)15-16-17)20(18,19)14-7-9(13)8-5-3-2-4-6-8/h2-6,9,14H,7H2,1H3. The zero-order valence-electron chi connectivity index (χ0n) is 10.5. The molecule has 0 radical (unpaired) electrons. The number of aryl methyl sites for hydroxylation is 1. The van der Waals surface area contributed by atoms with Crippen LogP contribution in [0, 0.1) is 0 Å². The van der Waals surface area contributed by atoms with E-state index in [1.54, 1.807) is 0 Å². The lowest BCUT2D eigenvalue weighted by molar-refractivity contribution is 0.560. The second-order valence-corrected chi connectivity index (χ2v) is 7.00. The van der Waals surface area contributed by atoms with Gasteiger partial charge in [-0.1, -0.05) is 35.5 Å². The quantitative estimate of drug-likeness (QED) is 0.804. The molecule has 0 saturated heterocycles. The normalized spacial score (nSPS) is 13.3. The monoisotopic (exact) mass is 378 g/mol. The fourth-order valence-electron chi connectivity index (χ4n) is 1.64. The Bertz CT molecular complexity index is 670. The van der Waals surface area contributed by atoms with Gasteiger partial charge in [0.1, 0.15) is 0 Å². The van der Waals surface area contributed by atoms with E-state index in [0.29, 0.717) is 0 Å². The van der Waals surface area contributed by atoms with E-state index in [4.69, 9.17) is 11.6 Å². The molecule has 0 spiro atoms. The Hall–Kier alpha value is -0.960. The third-order valence-corrected chi connectivity index (χ3v) is 5.32. The first-order chi connectivity index (χ1) is 9.42. The van der Waals surface area contributed by atoms with Gasteiger partial charge in [-0.3, -0.25) is 0 Å². The average Bonchev–Trinajstić information content (AvgIpc) is 2.77. The van der Waals surface area contributed by atoms with E-state index in [0.717, 1.165) is 5.56 Å². The summed E-state index contributed by atoms with van der Waals surface area (Å²) in [5, 5.41) is 6.79. The number of rotatable bonds is 5. The minimum atomic E-state index is -3.72. The number of hydrogen-bond donors (Lipinski definition) is 1. The smallest absolute Gasteiger partial charge is 0.235 e. The third kappa shape index (κ3) is 3.38. The van der Waals surface area contributed by atoms with Gasteiger partial charge in [-0.15, -0.1) is 16.7 Å². The molecule has 0 bridgehead atoms. The Labute approximate surface area is 130 Å². The van der Waals surface area contributed by atoms with Gasteiger partial charge in [0.15, 0.2) is 4.60 Å². The zero-order chi connectivity index (χ0) is 14.8. The average molecular weight is 380 g/mol. The van der Waals surface area contributed by atoms with Crippen molar-refractivity contribution in [1.29, 1.82) is 0 Å². The van der Waals surface area contributed by atoms with Crippen molar-refractivity contribution in [2.75, 3.05) is 6.54 Å². The molecule has 1 N–H and O–H groups in total. The van der Waals surface area contributed by atoms with Gasteiger partial charge in [0, 0.05) is 13.6 Å². The van der Waals surface area contributed by atoms with Crippen molar-refractivity contribution >= 4 is 37.6 Å². The van der Waals surface area contributed by atoms with Gasteiger partial charge in [-0.25, -0.2) is 17.8 Å². The highest BCUT2D eigenvalue weighted by Gasteiger charge is 2.24. The molecule has 1 heterocycles. The number of halogens is 2. The van der Waals surface area contributed by atoms with Crippen LogP contribution < -0.4 is 4.72 Å². The molecular weight excluding hydrogens is 368 g/mol. The van der Waals surface area contributed by atoms with Crippen molar-refractivity contribution in [3.8, 4) is 0 Å². The van der Waals surface area contributed by atoms with E-state index >= 15 is 0 Å². The van der Waals surface area contributed by atoms with Crippen LogP contribution in [0.25, 0.3) is 0 Å². The van der Waals surface area contributed by atoms with E-state index in [1.165, 1.54) is 11.7 Å². The number of sulfonamides is 1. The molecule has 2 rings (SSSR count). The number of nitrogens with zero attached hydrogens (tertiary/aromatic N) is 3. The second kappa shape index (κ2) is 6.21. The van der Waals surface area contributed by atoms with Crippen molar-refractivity contribution in [3.63, 3.8) is 0 Å². The molecule has 6 nitrogen and oxygen atoms in total. The summed E-state index contributed by atoms with van der Waals surface area (Å²) >= 11 is 9.23. The highest BCUT2D eigenvalue weighted by molar-refractivity contribution is 9.10. The largest absolute Gasteiger partial charge is 0.260 e. The Morgan fingerprint density at radius 2 is 2.05 bits per heavy atom. The van der Waals surface area contributed by atoms with Crippen LogP contribution in [0.5, 0.6) is 0 Å². The van der Waals surface area contributed by atoms with E-state index in [2.05, 4.69) is 31.0 Å². The summed E-state index contributed by atoms with van der Waals surface area (Å²) in [5.74, 6) is 0. The van der Waals surface area contributed by atoms with Crippen LogP contribution in [0.1, 0.15) is 10.9 Å². The summed E-state index contributed by atoms with van der Waals surface area (Å²) < 4.78 is 28.1. The van der Waals surface area contributed by atoms with E-state index in [1.807, 2.05) is 30.3 Å². The van der Waals surface area contributed by atoms with E-state index in [9.17, 15) is 8.42 Å². The van der Waals surface area contributed by atoms with E-state index in [-0.39, 0.29) is 16.2 Å². The molecule has 108 valence electrons. The fourth-order valence-corrected chi connectivity index (χ4v) is 4.09. The zero-order valence-corrected chi connectivity index (χ0v) is 13.7. The van der Waals surface area contributed by atoms with Crippen LogP contribution in [-0.4, -0.2) is 30.0 Å². The van der Waals surface area contributed by atoms with Crippen molar-refractivity contribution in [1.82, 2.24) is 19.7 Å². The Morgan fingerprint density at radius 1 is 1.40 bits per heavy atom. The first kappa shape index (κ1) is 15.4. The van der Waals surface area contributed by atoms with Crippen molar-refractivity contribution in [2.45, 2.75) is 10.4 Å². The molecule has 1 atom stereocenters. The molecule has 1 unspecified atom stereocenters. The van der Waals surface area contributed by atoms with Gasteiger partial charge in [0.25, 0.3) is 10.0 Å². The highest BCUT2D eigenvalue weighted by atomic mass is 79.9. The molecule has 0 aliphatic rings. The molecule has 0 saturated carbocycles. The van der Waals surface area contributed by atoms with Crippen LogP contribution in [0.4, 0.5) is 0 Å². The molecule has 20 heavy (non-hydrogen) atoms. The van der Waals surface area contributed by atoms with Crippen LogP contribution >= 0.6 is 27.5 Å². The molecule has 2 aromatic rings. The first-order valence-corrected chi connectivity index (χ1v) is 8.37. The van der Waals surface area contributed by atoms with E-state index < -0.39 is 15.4 Å². The molecule has 0 fully saturated rings. The number of hydrogen-bond acceptors (Lipinski definition) is 4. The maximum atomic E-state index is 12.2. The lowest BCUT2D eigenvalue weighted by Crippen LogP contribution is -2.29. The summed E-state index contributed by atoms with van der Waals surface area (Å²) in [6.07, 6.45) is 0. The molecule has 1 aromatic heterocycles.